The number of unbranched alkanes of at least 4 members (excludes halogenated alkanes) is 28. The molecule has 0 aliphatic carbocycles. The van der Waals surface area contributed by atoms with Gasteiger partial charge in [-0.2, -0.15) is 0 Å². The van der Waals surface area contributed by atoms with E-state index >= 15 is 0 Å². The Bertz CT molecular complexity index is 514. The van der Waals surface area contributed by atoms with Crippen LogP contribution in [0.2, 0.25) is 0 Å². The molecule has 1 atom stereocenters. The van der Waals surface area contributed by atoms with Crippen molar-refractivity contribution in [3.63, 3.8) is 0 Å². The summed E-state index contributed by atoms with van der Waals surface area (Å²) in [6.07, 6.45) is 58.6. The van der Waals surface area contributed by atoms with Crippen LogP contribution >= 0.6 is 0 Å². The zero-order chi connectivity index (χ0) is 30.4. The third kappa shape index (κ3) is 35.7. The van der Waals surface area contributed by atoms with Gasteiger partial charge in [-0.1, -0.05) is 212 Å². The van der Waals surface area contributed by atoms with Gasteiger partial charge in [0.25, 0.3) is 0 Å². The minimum Gasteiger partial charge on any atom is -0.0885 e. The minimum absolute atomic E-state index is 0.845. The Labute approximate surface area is 268 Å². The lowest BCUT2D eigenvalue weighted by Gasteiger charge is -2.13. The lowest BCUT2D eigenvalue weighted by atomic mass is 9.93. The predicted octanol–water partition coefficient (Wildman–Crippen LogP) is 16.0. The summed E-state index contributed by atoms with van der Waals surface area (Å²) in [5, 5.41) is 0. The first-order chi connectivity index (χ1) is 20.8. The highest BCUT2D eigenvalue weighted by Crippen LogP contribution is 2.22. The van der Waals surface area contributed by atoms with Crippen molar-refractivity contribution in [3.8, 4) is 0 Å². The van der Waals surface area contributed by atoms with Crippen LogP contribution in [-0.4, -0.2) is 0 Å². The maximum Gasteiger partial charge on any atom is -0.0234 e. The first-order valence-corrected chi connectivity index (χ1v) is 20.2. The van der Waals surface area contributed by atoms with Gasteiger partial charge in [0.05, 0.1) is 0 Å². The van der Waals surface area contributed by atoms with Gasteiger partial charge in [-0.25, -0.2) is 0 Å². The lowest BCUT2D eigenvalue weighted by molar-refractivity contribution is 0.463. The first-order valence-electron chi connectivity index (χ1n) is 20.2. The molecule has 0 heterocycles. The van der Waals surface area contributed by atoms with Crippen molar-refractivity contribution in [2.45, 2.75) is 239 Å². The topological polar surface area (TPSA) is 0 Å². The highest BCUT2D eigenvalue weighted by atomic mass is 14.1. The quantitative estimate of drug-likeness (QED) is 0.0506. The molecule has 0 saturated carbocycles. The standard InChI is InChI=1S/C42H82/c1-4-7-10-13-16-19-22-23-24-25-26-29-32-35-38-41-42(39-36-33-30-27-20-17-14-11-8-5-2)40-37-34-31-28-21-18-15-12-9-6-3/h23-24,36,39,42H,4-22,25-35,37-38,40-41H2,1-3H3/b24-23-,39-36?. The fourth-order valence-electron chi connectivity index (χ4n) is 6.39. The predicted molar refractivity (Wildman–Crippen MR) is 196 cm³/mol. The maximum atomic E-state index is 2.64. The molecule has 0 saturated heterocycles. The van der Waals surface area contributed by atoms with E-state index in [9.17, 15) is 0 Å². The first kappa shape index (κ1) is 41.5. The highest BCUT2D eigenvalue weighted by molar-refractivity contribution is 4.88. The molecule has 0 aliphatic rings. The van der Waals surface area contributed by atoms with Crippen LogP contribution in [0, 0.1) is 5.92 Å². The summed E-state index contributed by atoms with van der Waals surface area (Å²) in [7, 11) is 0. The number of hydrogen-bond acceptors (Lipinski definition) is 0. The largest absolute Gasteiger partial charge is 0.0885 e. The molecule has 0 spiro atoms. The maximum absolute atomic E-state index is 2.64. The van der Waals surface area contributed by atoms with Gasteiger partial charge in [0.1, 0.15) is 0 Å². The number of allylic oxidation sites excluding steroid dienone is 4. The van der Waals surface area contributed by atoms with Crippen molar-refractivity contribution in [1.82, 2.24) is 0 Å². The Hall–Kier alpha value is -0.520. The van der Waals surface area contributed by atoms with Gasteiger partial charge < -0.3 is 0 Å². The Kier molecular flexibility index (Phi) is 38.0. The van der Waals surface area contributed by atoms with Crippen molar-refractivity contribution in [2.24, 2.45) is 5.92 Å². The number of rotatable bonds is 36. The van der Waals surface area contributed by atoms with Crippen LogP contribution in [0.3, 0.4) is 0 Å². The van der Waals surface area contributed by atoms with Gasteiger partial charge in [-0.15, -0.1) is 0 Å². The third-order valence-electron chi connectivity index (χ3n) is 9.40. The van der Waals surface area contributed by atoms with E-state index in [0.29, 0.717) is 0 Å². The zero-order valence-electron chi connectivity index (χ0n) is 29.9. The summed E-state index contributed by atoms with van der Waals surface area (Å²) in [6, 6.07) is 0. The summed E-state index contributed by atoms with van der Waals surface area (Å²) in [4.78, 5) is 0. The molecule has 0 amide bonds. The fourth-order valence-corrected chi connectivity index (χ4v) is 6.39. The molecule has 0 aromatic rings. The van der Waals surface area contributed by atoms with Crippen LogP contribution in [0.25, 0.3) is 0 Å². The van der Waals surface area contributed by atoms with Crippen LogP contribution in [0.15, 0.2) is 24.3 Å². The van der Waals surface area contributed by atoms with Crippen molar-refractivity contribution in [3.05, 3.63) is 24.3 Å². The van der Waals surface area contributed by atoms with Gasteiger partial charge in [0, 0.05) is 0 Å². The van der Waals surface area contributed by atoms with E-state index in [1.54, 1.807) is 0 Å². The molecule has 250 valence electrons. The summed E-state index contributed by atoms with van der Waals surface area (Å²) >= 11 is 0. The Morgan fingerprint density at radius 2 is 0.548 bits per heavy atom. The molecule has 0 bridgehead atoms. The molecule has 0 nitrogen and oxygen atoms in total. The summed E-state index contributed by atoms with van der Waals surface area (Å²) in [6.45, 7) is 6.93. The van der Waals surface area contributed by atoms with Crippen LogP contribution in [-0.2, 0) is 0 Å². The van der Waals surface area contributed by atoms with Crippen LogP contribution < -0.4 is 0 Å². The molecule has 0 aromatic carbocycles. The van der Waals surface area contributed by atoms with Crippen molar-refractivity contribution in [1.29, 1.82) is 0 Å². The van der Waals surface area contributed by atoms with E-state index in [1.807, 2.05) is 0 Å². The van der Waals surface area contributed by atoms with Crippen molar-refractivity contribution < 1.29 is 0 Å². The summed E-state index contributed by atoms with van der Waals surface area (Å²) in [5.74, 6) is 0.845. The minimum atomic E-state index is 0.845. The van der Waals surface area contributed by atoms with E-state index in [2.05, 4.69) is 45.1 Å². The summed E-state index contributed by atoms with van der Waals surface area (Å²) < 4.78 is 0. The van der Waals surface area contributed by atoms with Crippen LogP contribution in [0.5, 0.6) is 0 Å². The molecule has 0 aromatic heterocycles. The molecule has 0 N–H and O–H groups in total. The van der Waals surface area contributed by atoms with E-state index in [-0.39, 0.29) is 0 Å². The van der Waals surface area contributed by atoms with Gasteiger partial charge in [-0.3, -0.25) is 0 Å². The average molecular weight is 587 g/mol. The Balaban J connectivity index is 3.98. The number of hydrogen-bond donors (Lipinski definition) is 0. The smallest absolute Gasteiger partial charge is 0.0234 e. The highest BCUT2D eigenvalue weighted by Gasteiger charge is 2.05. The normalized spacial score (nSPS) is 12.7. The molecule has 0 radical (unpaired) electrons. The molecule has 0 heteroatoms. The average Bonchev–Trinajstić information content (AvgIpc) is 3.00. The van der Waals surface area contributed by atoms with Gasteiger partial charge >= 0.3 is 0 Å². The van der Waals surface area contributed by atoms with Gasteiger partial charge in [0.2, 0.25) is 0 Å². The Morgan fingerprint density at radius 1 is 0.286 bits per heavy atom. The monoisotopic (exact) mass is 587 g/mol. The molecule has 0 aliphatic heterocycles. The molecular formula is C42H82. The van der Waals surface area contributed by atoms with E-state index in [1.165, 1.54) is 218 Å². The van der Waals surface area contributed by atoms with E-state index in [4.69, 9.17) is 0 Å². The van der Waals surface area contributed by atoms with Gasteiger partial charge in [0.15, 0.2) is 0 Å². The van der Waals surface area contributed by atoms with Crippen molar-refractivity contribution in [2.75, 3.05) is 0 Å². The van der Waals surface area contributed by atoms with E-state index < -0.39 is 0 Å². The zero-order valence-corrected chi connectivity index (χ0v) is 29.9. The molecule has 0 rings (SSSR count). The molecule has 0 fully saturated rings. The van der Waals surface area contributed by atoms with E-state index in [0.717, 1.165) is 5.92 Å². The Morgan fingerprint density at radius 3 is 0.881 bits per heavy atom. The van der Waals surface area contributed by atoms with Crippen LogP contribution in [0.4, 0.5) is 0 Å². The second kappa shape index (κ2) is 38.5. The lowest BCUT2D eigenvalue weighted by Crippen LogP contribution is -1.98. The van der Waals surface area contributed by atoms with Crippen LogP contribution in [0.1, 0.15) is 239 Å². The molecule has 42 heavy (non-hydrogen) atoms. The van der Waals surface area contributed by atoms with Gasteiger partial charge in [-0.05, 0) is 57.3 Å². The molecule has 1 unspecified atom stereocenters. The van der Waals surface area contributed by atoms with Crippen molar-refractivity contribution >= 4 is 0 Å². The third-order valence-corrected chi connectivity index (χ3v) is 9.40. The SMILES string of the molecule is CCCCCCCC/C=C\CCCCCCCC(C=CCCCCCCCCCC)CCCCCCCCCCCC. The fraction of sp³-hybridized carbons (Fsp3) is 0.905. The summed E-state index contributed by atoms with van der Waals surface area (Å²) in [5.41, 5.74) is 0. The molecular weight excluding hydrogens is 504 g/mol. The second-order valence-electron chi connectivity index (χ2n) is 13.8. The second-order valence-corrected chi connectivity index (χ2v) is 13.8.